The third kappa shape index (κ3) is 6.49. The minimum absolute atomic E-state index is 0.0625. The molecule has 43 heavy (non-hydrogen) atoms. The molecule has 11 nitrogen and oxygen atoms in total. The maximum absolute atomic E-state index is 14.6. The molecule has 3 fully saturated rings. The first kappa shape index (κ1) is 29.4. The Balaban J connectivity index is 1.31. The first-order valence-electron chi connectivity index (χ1n) is 14.7. The van der Waals surface area contributed by atoms with Crippen LogP contribution >= 0.6 is 0 Å². The second-order valence-electron chi connectivity index (χ2n) is 12.0. The minimum atomic E-state index is -3.08. The van der Waals surface area contributed by atoms with Gasteiger partial charge in [0, 0.05) is 6.04 Å². The van der Waals surface area contributed by atoms with Gasteiger partial charge in [-0.25, -0.2) is 22.9 Å². The van der Waals surface area contributed by atoms with Gasteiger partial charge in [-0.15, -0.1) is 0 Å². The number of hydrogen-bond donors (Lipinski definition) is 3. The summed E-state index contributed by atoms with van der Waals surface area (Å²) in [6, 6.07) is 2.88. The van der Waals surface area contributed by atoms with Crippen molar-refractivity contribution in [2.24, 2.45) is 0 Å². The molecule has 3 heterocycles. The van der Waals surface area contributed by atoms with E-state index in [0.29, 0.717) is 22.4 Å². The van der Waals surface area contributed by atoms with Crippen molar-refractivity contribution in [2.45, 2.75) is 88.8 Å². The maximum atomic E-state index is 14.6. The Labute approximate surface area is 246 Å². The summed E-state index contributed by atoms with van der Waals surface area (Å²) >= 11 is 0. The fourth-order valence-corrected chi connectivity index (χ4v) is 5.31. The summed E-state index contributed by atoms with van der Waals surface area (Å²) < 4.78 is 56.6. The largest absolute Gasteiger partial charge is 0.376 e. The zero-order valence-electron chi connectivity index (χ0n) is 24.3. The highest BCUT2D eigenvalue weighted by atomic mass is 19.3. The lowest BCUT2D eigenvalue weighted by atomic mass is 10.0. The Kier molecular flexibility index (Phi) is 7.84. The zero-order valence-corrected chi connectivity index (χ0v) is 24.3. The van der Waals surface area contributed by atoms with E-state index in [1.165, 1.54) is 4.68 Å². The van der Waals surface area contributed by atoms with Crippen molar-refractivity contribution in [1.29, 1.82) is 0 Å². The van der Waals surface area contributed by atoms with Gasteiger partial charge in [0.2, 0.25) is 0 Å². The Morgan fingerprint density at radius 1 is 1.19 bits per heavy atom. The molecular formula is C29H36F3N7O4. The van der Waals surface area contributed by atoms with Gasteiger partial charge < -0.3 is 30.0 Å². The van der Waals surface area contributed by atoms with E-state index in [4.69, 9.17) is 14.5 Å². The smallest absolute Gasteiger partial charge is 0.318 e. The molecule has 0 radical (unpaired) electrons. The van der Waals surface area contributed by atoms with Crippen LogP contribution < -0.4 is 10.6 Å². The fraction of sp³-hybridized carbons (Fsp3) is 0.586. The predicted molar refractivity (Wildman–Crippen MR) is 149 cm³/mol. The van der Waals surface area contributed by atoms with Gasteiger partial charge in [-0.2, -0.15) is 5.10 Å². The van der Waals surface area contributed by atoms with Crippen molar-refractivity contribution >= 4 is 23.0 Å². The lowest BCUT2D eigenvalue weighted by Crippen LogP contribution is -2.58. The first-order valence-corrected chi connectivity index (χ1v) is 14.7. The number of aromatic nitrogens is 4. The Morgan fingerprint density at radius 3 is 2.63 bits per heavy atom. The van der Waals surface area contributed by atoms with E-state index >= 15 is 0 Å². The van der Waals surface area contributed by atoms with E-state index in [1.54, 1.807) is 32.0 Å². The summed E-state index contributed by atoms with van der Waals surface area (Å²) in [7, 11) is 0. The van der Waals surface area contributed by atoms with Gasteiger partial charge >= 0.3 is 6.03 Å². The van der Waals surface area contributed by atoms with Crippen LogP contribution in [0.1, 0.15) is 86.5 Å². The molecule has 232 valence electrons. The normalized spacial score (nSPS) is 20.7. The van der Waals surface area contributed by atoms with Crippen LogP contribution in [0, 0.1) is 5.82 Å². The van der Waals surface area contributed by atoms with Crippen molar-refractivity contribution < 1.29 is 32.2 Å². The standard InChI is InChI=1S/C29H36F3N7O4/c1-15(2)39-25(20(30)11-34-39)27(40)37-24(16(3)43-19-7-8-19)26-35-21-9-4-17(10-22(21)36-26)23(12-42-18-5-6-18)38-14-29(31,32)13-33-28(38)41/h4,9-11,15-16,18-19,23-24H,5-8,12-14H2,1-3H3,(H,33,41)(H,35,36)(H,37,40)/t16-,23-,24+/m1/s1. The van der Waals surface area contributed by atoms with Crippen molar-refractivity contribution in [3.05, 3.63) is 47.3 Å². The number of H-pyrrole nitrogens is 1. The van der Waals surface area contributed by atoms with E-state index in [9.17, 15) is 22.8 Å². The van der Waals surface area contributed by atoms with Crippen molar-refractivity contribution in [3.63, 3.8) is 0 Å². The van der Waals surface area contributed by atoms with Gasteiger partial charge in [0.1, 0.15) is 11.9 Å². The summed E-state index contributed by atoms with van der Waals surface area (Å²) in [5.74, 6) is -4.08. The molecule has 1 aliphatic heterocycles. The van der Waals surface area contributed by atoms with Crippen molar-refractivity contribution in [2.75, 3.05) is 19.7 Å². The SMILES string of the molecule is CC(C)n1ncc(F)c1C(=O)N[C@H](c1nc2ccc([C@@H](COC3CC3)N3CC(F)(F)CNC3=O)cc2[nH]1)[C@@H](C)OC1CC1. The topological polar surface area (TPSA) is 126 Å². The van der Waals surface area contributed by atoms with Gasteiger partial charge in [0.05, 0.1) is 61.3 Å². The van der Waals surface area contributed by atoms with Crippen LogP contribution in [-0.2, 0) is 9.47 Å². The Hall–Kier alpha value is -3.65. The average molecular weight is 604 g/mol. The molecule has 0 unspecified atom stereocenters. The van der Waals surface area contributed by atoms with Gasteiger partial charge in [0.25, 0.3) is 11.8 Å². The quantitative estimate of drug-likeness (QED) is 0.282. The lowest BCUT2D eigenvalue weighted by Gasteiger charge is -2.38. The Bertz CT molecular complexity index is 1500. The molecule has 3 N–H and O–H groups in total. The van der Waals surface area contributed by atoms with Crippen LogP contribution in [0.15, 0.2) is 24.4 Å². The zero-order chi connectivity index (χ0) is 30.5. The molecule has 2 saturated carbocycles. The third-order valence-electron chi connectivity index (χ3n) is 7.90. The van der Waals surface area contributed by atoms with Crippen molar-refractivity contribution in [1.82, 2.24) is 35.3 Å². The number of aromatic amines is 1. The maximum Gasteiger partial charge on any atom is 0.318 e. The third-order valence-corrected chi connectivity index (χ3v) is 7.90. The van der Waals surface area contributed by atoms with Gasteiger partial charge in [-0.3, -0.25) is 9.48 Å². The minimum Gasteiger partial charge on any atom is -0.376 e. The molecule has 14 heteroatoms. The van der Waals surface area contributed by atoms with Crippen molar-refractivity contribution in [3.8, 4) is 0 Å². The second kappa shape index (κ2) is 11.5. The van der Waals surface area contributed by atoms with E-state index in [-0.39, 0.29) is 30.6 Å². The Morgan fingerprint density at radius 2 is 1.93 bits per heavy atom. The van der Waals surface area contributed by atoms with E-state index in [2.05, 4.69) is 20.7 Å². The molecule has 1 aromatic carbocycles. The van der Waals surface area contributed by atoms with Crippen LogP contribution in [0.4, 0.5) is 18.0 Å². The number of urea groups is 1. The molecule has 1 saturated heterocycles. The first-order chi connectivity index (χ1) is 20.5. The number of hydrogen-bond acceptors (Lipinski definition) is 6. The van der Waals surface area contributed by atoms with Crippen LogP contribution in [0.5, 0.6) is 0 Å². The predicted octanol–water partition coefficient (Wildman–Crippen LogP) is 4.40. The van der Waals surface area contributed by atoms with Gasteiger partial charge in [0.15, 0.2) is 11.5 Å². The molecular weight excluding hydrogens is 567 g/mol. The number of imidazole rings is 1. The van der Waals surface area contributed by atoms with Crippen LogP contribution in [-0.4, -0.2) is 80.5 Å². The van der Waals surface area contributed by atoms with E-state index in [0.717, 1.165) is 36.8 Å². The molecule has 2 aliphatic carbocycles. The molecule has 3 amide bonds. The van der Waals surface area contributed by atoms with Gasteiger partial charge in [-0.1, -0.05) is 6.07 Å². The van der Waals surface area contributed by atoms with Gasteiger partial charge in [-0.05, 0) is 64.2 Å². The number of carbonyl (C=O) groups is 2. The summed E-state index contributed by atoms with van der Waals surface area (Å²) in [6.45, 7) is 4.05. The highest BCUT2D eigenvalue weighted by Gasteiger charge is 2.43. The van der Waals surface area contributed by atoms with Crippen LogP contribution in [0.25, 0.3) is 11.0 Å². The number of halogens is 3. The number of carbonyl (C=O) groups excluding carboxylic acids is 2. The summed E-state index contributed by atoms with van der Waals surface area (Å²) in [5, 5.41) is 9.17. The highest BCUT2D eigenvalue weighted by molar-refractivity contribution is 5.93. The van der Waals surface area contributed by atoms with E-state index < -0.39 is 55.0 Å². The number of benzene rings is 1. The average Bonchev–Trinajstić information content (AvgIpc) is 3.88. The number of nitrogens with one attached hydrogen (secondary N) is 3. The summed E-state index contributed by atoms with van der Waals surface area (Å²) in [4.78, 5) is 35.1. The molecule has 6 rings (SSSR count). The monoisotopic (exact) mass is 603 g/mol. The molecule has 3 aliphatic rings. The molecule has 3 atom stereocenters. The number of fused-ring (bicyclic) bond motifs is 1. The molecule has 3 aromatic rings. The number of alkyl halides is 2. The number of nitrogens with zero attached hydrogens (tertiary/aromatic N) is 4. The number of rotatable bonds is 12. The summed E-state index contributed by atoms with van der Waals surface area (Å²) in [5.41, 5.74) is 1.55. The van der Waals surface area contributed by atoms with E-state index in [1.807, 2.05) is 6.92 Å². The summed E-state index contributed by atoms with van der Waals surface area (Å²) in [6.07, 6.45) is 4.26. The fourth-order valence-electron chi connectivity index (χ4n) is 5.31. The lowest BCUT2D eigenvalue weighted by molar-refractivity contribution is -0.0541. The molecule has 2 aromatic heterocycles. The van der Waals surface area contributed by atoms with Crippen LogP contribution in [0.3, 0.4) is 0 Å². The number of amides is 3. The van der Waals surface area contributed by atoms with Crippen LogP contribution in [0.2, 0.25) is 0 Å². The number of ether oxygens (including phenoxy) is 2. The second-order valence-corrected chi connectivity index (χ2v) is 12.0. The molecule has 0 bridgehead atoms. The molecule has 0 spiro atoms. The highest BCUT2D eigenvalue weighted by Crippen LogP contribution is 2.34.